The summed E-state index contributed by atoms with van der Waals surface area (Å²) < 4.78 is 38.0. The van der Waals surface area contributed by atoms with Crippen molar-refractivity contribution in [2.45, 2.75) is 43.3 Å². The van der Waals surface area contributed by atoms with Crippen molar-refractivity contribution in [3.63, 3.8) is 0 Å². The van der Waals surface area contributed by atoms with Gasteiger partial charge in [-0.2, -0.15) is 0 Å². The van der Waals surface area contributed by atoms with Crippen LogP contribution in [0.3, 0.4) is 0 Å². The number of nitrogens with zero attached hydrogens (tertiary/aromatic N) is 1. The Balaban J connectivity index is 1.71. The van der Waals surface area contributed by atoms with E-state index in [4.69, 9.17) is 9.47 Å². The van der Waals surface area contributed by atoms with Crippen molar-refractivity contribution in [3.8, 4) is 0 Å². The summed E-state index contributed by atoms with van der Waals surface area (Å²) in [6.45, 7) is 5.98. The molecule has 4 rings (SSSR count). The lowest BCUT2D eigenvalue weighted by Crippen LogP contribution is -2.56. The second-order valence-electron chi connectivity index (χ2n) is 7.42. The van der Waals surface area contributed by atoms with Gasteiger partial charge in [-0.05, 0) is 24.3 Å². The van der Waals surface area contributed by atoms with Crippen LogP contribution in [0.25, 0.3) is 0 Å². The van der Waals surface area contributed by atoms with Crippen LogP contribution in [-0.4, -0.2) is 43.4 Å². The average Bonchev–Trinajstić information content (AvgIpc) is 3.06. The van der Waals surface area contributed by atoms with Crippen molar-refractivity contribution in [1.82, 2.24) is 4.90 Å². The fraction of sp³-hybridized carbons (Fsp3) is 0.600. The monoisotopic (exact) mass is 349 g/mol. The second kappa shape index (κ2) is 6.36. The van der Waals surface area contributed by atoms with Gasteiger partial charge in [0.2, 0.25) is 0 Å². The Labute approximate surface area is 147 Å². The van der Waals surface area contributed by atoms with Crippen molar-refractivity contribution in [3.05, 3.63) is 48.2 Å². The fourth-order valence-electron chi connectivity index (χ4n) is 5.11. The summed E-state index contributed by atoms with van der Waals surface area (Å²) in [5.74, 6) is -0.183. The minimum absolute atomic E-state index is 0.238. The maximum absolute atomic E-state index is 13.1. The van der Waals surface area contributed by atoms with Crippen molar-refractivity contribution in [2.75, 3.05) is 26.3 Å². The first-order valence-corrected chi connectivity index (χ1v) is 9.12. The van der Waals surface area contributed by atoms with Gasteiger partial charge in [-0.25, -0.2) is 8.78 Å². The zero-order valence-corrected chi connectivity index (χ0v) is 14.4. The zero-order valence-electron chi connectivity index (χ0n) is 14.4. The van der Waals surface area contributed by atoms with E-state index < -0.39 is 12.2 Å². The highest BCUT2D eigenvalue weighted by atomic mass is 19.3. The fourth-order valence-corrected chi connectivity index (χ4v) is 5.11. The highest BCUT2D eigenvalue weighted by molar-refractivity contribution is 5.39. The molecule has 1 spiro atoms. The van der Waals surface area contributed by atoms with E-state index in [1.807, 2.05) is 18.2 Å². The summed E-state index contributed by atoms with van der Waals surface area (Å²) in [6, 6.07) is 10.3. The maximum Gasteiger partial charge on any atom is 0.255 e. The number of allylic oxidation sites excluding steroid dienone is 1. The molecule has 0 bridgehead atoms. The molecule has 2 unspecified atom stereocenters. The standard InChI is InChI=1S/C20H25F2NO2/c1-15-20(16-5-3-2-4-6-16)9-8-19(24-11-12-25-19)13-17(20)7-10-23(15)14-18(21)22/h2-6,17-18H,1,7-14H2. The third-order valence-electron chi connectivity index (χ3n) is 6.26. The molecule has 1 aromatic rings. The second-order valence-corrected chi connectivity index (χ2v) is 7.42. The third-order valence-corrected chi connectivity index (χ3v) is 6.26. The van der Waals surface area contributed by atoms with Crippen LogP contribution < -0.4 is 0 Å². The number of rotatable bonds is 3. The molecule has 5 heteroatoms. The molecule has 3 fully saturated rings. The average molecular weight is 349 g/mol. The molecule has 0 radical (unpaired) electrons. The van der Waals surface area contributed by atoms with E-state index in [0.717, 1.165) is 31.4 Å². The highest BCUT2D eigenvalue weighted by Gasteiger charge is 2.56. The lowest BCUT2D eigenvalue weighted by Gasteiger charge is -2.56. The molecule has 3 nitrogen and oxygen atoms in total. The normalized spacial score (nSPS) is 31.6. The van der Waals surface area contributed by atoms with Gasteiger partial charge in [0.15, 0.2) is 5.79 Å². The van der Waals surface area contributed by atoms with Gasteiger partial charge in [0.1, 0.15) is 0 Å². The minimum atomic E-state index is -2.35. The van der Waals surface area contributed by atoms with Gasteiger partial charge in [0.05, 0.1) is 19.8 Å². The third kappa shape index (κ3) is 2.77. The van der Waals surface area contributed by atoms with Crippen molar-refractivity contribution < 1.29 is 18.3 Å². The van der Waals surface area contributed by atoms with E-state index >= 15 is 0 Å². The Hall–Kier alpha value is -1.46. The molecular weight excluding hydrogens is 324 g/mol. The van der Waals surface area contributed by atoms with Gasteiger partial charge in [-0.3, -0.25) is 0 Å². The Kier molecular flexibility index (Phi) is 4.32. The zero-order chi connectivity index (χ0) is 17.5. The van der Waals surface area contributed by atoms with Crippen molar-refractivity contribution >= 4 is 0 Å². The lowest BCUT2D eigenvalue weighted by atomic mass is 9.57. The molecule has 25 heavy (non-hydrogen) atoms. The van der Waals surface area contributed by atoms with Crippen LogP contribution in [0.1, 0.15) is 31.2 Å². The summed E-state index contributed by atoms with van der Waals surface area (Å²) in [5.41, 5.74) is 1.72. The number of hydrogen-bond acceptors (Lipinski definition) is 3. The summed E-state index contributed by atoms with van der Waals surface area (Å²) in [5, 5.41) is 0. The van der Waals surface area contributed by atoms with Crippen LogP contribution in [0.4, 0.5) is 8.78 Å². The first-order valence-electron chi connectivity index (χ1n) is 9.12. The Bertz CT molecular complexity index is 630. The smallest absolute Gasteiger partial charge is 0.255 e. The van der Waals surface area contributed by atoms with Gasteiger partial charge in [0, 0.05) is 30.5 Å². The Morgan fingerprint density at radius 2 is 1.88 bits per heavy atom. The molecule has 2 saturated heterocycles. The molecule has 1 aromatic carbocycles. The van der Waals surface area contributed by atoms with E-state index in [1.165, 1.54) is 5.56 Å². The van der Waals surface area contributed by atoms with Gasteiger partial charge in [-0.15, -0.1) is 0 Å². The lowest BCUT2D eigenvalue weighted by molar-refractivity contribution is -0.201. The van der Waals surface area contributed by atoms with Gasteiger partial charge in [-0.1, -0.05) is 36.9 Å². The summed E-state index contributed by atoms with van der Waals surface area (Å²) in [4.78, 5) is 1.79. The van der Waals surface area contributed by atoms with Gasteiger partial charge < -0.3 is 14.4 Å². The van der Waals surface area contributed by atoms with Crippen LogP contribution in [0.15, 0.2) is 42.6 Å². The van der Waals surface area contributed by atoms with Gasteiger partial charge in [0.25, 0.3) is 6.43 Å². The highest BCUT2D eigenvalue weighted by Crippen LogP contribution is 2.56. The predicted octanol–water partition coefficient (Wildman–Crippen LogP) is 3.95. The molecule has 0 amide bonds. The van der Waals surface area contributed by atoms with Crippen LogP contribution >= 0.6 is 0 Å². The molecular formula is C20H25F2NO2. The van der Waals surface area contributed by atoms with Crippen LogP contribution in [0, 0.1) is 5.92 Å². The molecule has 1 saturated carbocycles. The maximum atomic E-state index is 13.1. The molecule has 1 aliphatic carbocycles. The number of fused-ring (bicyclic) bond motifs is 1. The van der Waals surface area contributed by atoms with E-state index in [9.17, 15) is 8.78 Å². The van der Waals surface area contributed by atoms with Gasteiger partial charge >= 0.3 is 0 Å². The Morgan fingerprint density at radius 1 is 1.16 bits per heavy atom. The molecule has 0 aromatic heterocycles. The SMILES string of the molecule is C=C1N(CC(F)F)CCC2CC3(CCC12c1ccccc1)OCCO3. The number of piperidine rings is 1. The number of alkyl halides is 2. The summed E-state index contributed by atoms with van der Waals surface area (Å²) in [6.07, 6.45) is 0.913. The molecule has 2 heterocycles. The summed E-state index contributed by atoms with van der Waals surface area (Å²) >= 11 is 0. The first-order chi connectivity index (χ1) is 12.1. The quantitative estimate of drug-likeness (QED) is 0.825. The largest absolute Gasteiger partial charge is 0.369 e. The van der Waals surface area contributed by atoms with E-state index in [2.05, 4.69) is 18.7 Å². The number of hydrogen-bond donors (Lipinski definition) is 0. The van der Waals surface area contributed by atoms with Crippen LogP contribution in [-0.2, 0) is 14.9 Å². The number of ether oxygens (including phenoxy) is 2. The number of benzene rings is 1. The topological polar surface area (TPSA) is 21.7 Å². The molecule has 3 aliphatic rings. The van der Waals surface area contributed by atoms with E-state index in [1.54, 1.807) is 4.90 Å². The Morgan fingerprint density at radius 3 is 2.56 bits per heavy atom. The predicted molar refractivity (Wildman–Crippen MR) is 91.4 cm³/mol. The number of halogens is 2. The minimum Gasteiger partial charge on any atom is -0.369 e. The molecule has 0 N–H and O–H groups in total. The molecule has 2 atom stereocenters. The summed E-state index contributed by atoms with van der Waals surface area (Å²) in [7, 11) is 0. The van der Waals surface area contributed by atoms with Crippen molar-refractivity contribution in [1.29, 1.82) is 0 Å². The first kappa shape index (κ1) is 17.0. The number of likely N-dealkylation sites (tertiary alicyclic amines) is 1. The van der Waals surface area contributed by atoms with Crippen molar-refractivity contribution in [2.24, 2.45) is 5.92 Å². The molecule has 2 aliphatic heterocycles. The van der Waals surface area contributed by atoms with E-state index in [-0.39, 0.29) is 12.0 Å². The van der Waals surface area contributed by atoms with Crippen LogP contribution in [0.5, 0.6) is 0 Å². The molecule has 136 valence electrons. The van der Waals surface area contributed by atoms with E-state index in [0.29, 0.717) is 25.7 Å². The van der Waals surface area contributed by atoms with Crippen LogP contribution in [0.2, 0.25) is 0 Å².